The second-order valence-corrected chi connectivity index (χ2v) is 6.00. The molecule has 0 aromatic heterocycles. The van der Waals surface area contributed by atoms with Crippen LogP contribution in [0.2, 0.25) is 0 Å². The van der Waals surface area contributed by atoms with Crippen molar-refractivity contribution in [2.24, 2.45) is 0 Å². The molecule has 0 amide bonds. The molecular weight excluding hydrogens is 242 g/mol. The maximum atomic E-state index is 9.21. The first kappa shape index (κ1) is 15.4. The minimum atomic E-state index is 0.346. The fraction of sp³-hybridized carbons (Fsp3) is 0.600. The van der Waals surface area contributed by atoms with Crippen molar-refractivity contribution in [3.63, 3.8) is 0 Å². The maximum absolute atomic E-state index is 9.21. The third-order valence-corrected chi connectivity index (χ3v) is 3.95. The number of aryl methyl sites for hydroxylation is 1. The second-order valence-electron chi connectivity index (χ2n) is 4.61. The van der Waals surface area contributed by atoms with Crippen molar-refractivity contribution in [2.45, 2.75) is 39.2 Å². The molecule has 0 saturated carbocycles. The van der Waals surface area contributed by atoms with Gasteiger partial charge in [-0.25, -0.2) is 0 Å². The molecule has 102 valence electrons. The van der Waals surface area contributed by atoms with Gasteiger partial charge in [-0.05, 0) is 61.9 Å². The van der Waals surface area contributed by atoms with Crippen molar-refractivity contribution in [3.8, 4) is 5.75 Å². The van der Waals surface area contributed by atoms with E-state index in [0.717, 1.165) is 19.4 Å². The molecule has 1 aromatic carbocycles. The Kier molecular flexibility index (Phi) is 7.94. The minimum Gasteiger partial charge on any atom is -0.508 e. The molecule has 0 fully saturated rings. The zero-order valence-electron chi connectivity index (χ0n) is 11.5. The van der Waals surface area contributed by atoms with Crippen LogP contribution in [-0.2, 0) is 6.42 Å². The van der Waals surface area contributed by atoms with Crippen molar-refractivity contribution < 1.29 is 5.11 Å². The Labute approximate surface area is 115 Å². The Morgan fingerprint density at radius 2 is 2.00 bits per heavy atom. The van der Waals surface area contributed by atoms with E-state index in [1.807, 2.05) is 23.9 Å². The molecule has 3 heteroatoms. The van der Waals surface area contributed by atoms with E-state index < -0.39 is 0 Å². The number of phenolic OH excluding ortho intramolecular Hbond substituents is 1. The lowest BCUT2D eigenvalue weighted by Crippen LogP contribution is -2.27. The topological polar surface area (TPSA) is 32.3 Å². The predicted octanol–water partition coefficient (Wildman–Crippen LogP) is 3.45. The highest BCUT2D eigenvalue weighted by Gasteiger charge is 2.01. The lowest BCUT2D eigenvalue weighted by atomic mass is 10.1. The SMILES string of the molecule is CCSCCCNC(C)CCc1ccc(O)cc1. The quantitative estimate of drug-likeness (QED) is 0.672. The van der Waals surface area contributed by atoms with Gasteiger partial charge in [0.15, 0.2) is 0 Å². The van der Waals surface area contributed by atoms with Crippen molar-refractivity contribution in [1.29, 1.82) is 0 Å². The van der Waals surface area contributed by atoms with E-state index in [1.165, 1.54) is 23.5 Å². The highest BCUT2D eigenvalue weighted by molar-refractivity contribution is 7.99. The normalized spacial score (nSPS) is 12.6. The molecule has 0 spiro atoms. The van der Waals surface area contributed by atoms with Gasteiger partial charge >= 0.3 is 0 Å². The maximum Gasteiger partial charge on any atom is 0.115 e. The monoisotopic (exact) mass is 267 g/mol. The fourth-order valence-corrected chi connectivity index (χ4v) is 2.45. The van der Waals surface area contributed by atoms with Gasteiger partial charge in [-0.1, -0.05) is 19.1 Å². The molecule has 1 atom stereocenters. The molecule has 1 rings (SSSR count). The lowest BCUT2D eigenvalue weighted by molar-refractivity contribution is 0.474. The van der Waals surface area contributed by atoms with E-state index >= 15 is 0 Å². The number of thioether (sulfide) groups is 1. The Morgan fingerprint density at radius 3 is 2.67 bits per heavy atom. The molecule has 18 heavy (non-hydrogen) atoms. The van der Waals surface area contributed by atoms with Gasteiger partial charge in [0.2, 0.25) is 0 Å². The standard InChI is InChI=1S/C15H25NOS/c1-3-18-12-4-11-16-13(2)5-6-14-7-9-15(17)10-8-14/h7-10,13,16-17H,3-6,11-12H2,1-2H3. The summed E-state index contributed by atoms with van der Waals surface area (Å²) in [6.07, 6.45) is 3.46. The number of hydrogen-bond acceptors (Lipinski definition) is 3. The van der Waals surface area contributed by atoms with E-state index in [2.05, 4.69) is 19.2 Å². The van der Waals surface area contributed by atoms with Crippen LogP contribution in [-0.4, -0.2) is 29.2 Å². The van der Waals surface area contributed by atoms with Gasteiger partial charge in [-0.3, -0.25) is 0 Å². The first-order chi connectivity index (χ1) is 8.72. The van der Waals surface area contributed by atoms with Crippen LogP contribution in [0.3, 0.4) is 0 Å². The van der Waals surface area contributed by atoms with Gasteiger partial charge in [0.05, 0.1) is 0 Å². The average molecular weight is 267 g/mol. The number of phenols is 1. The van der Waals surface area contributed by atoms with E-state index in [4.69, 9.17) is 0 Å². The number of hydrogen-bond donors (Lipinski definition) is 2. The van der Waals surface area contributed by atoms with E-state index in [9.17, 15) is 5.11 Å². The van der Waals surface area contributed by atoms with Crippen molar-refractivity contribution >= 4 is 11.8 Å². The smallest absolute Gasteiger partial charge is 0.115 e. The Balaban J connectivity index is 2.09. The van der Waals surface area contributed by atoms with Crippen LogP contribution in [0.5, 0.6) is 5.75 Å². The van der Waals surface area contributed by atoms with Gasteiger partial charge < -0.3 is 10.4 Å². The number of nitrogens with one attached hydrogen (secondary N) is 1. The summed E-state index contributed by atoms with van der Waals surface area (Å²) in [6, 6.07) is 8.08. The predicted molar refractivity (Wildman–Crippen MR) is 81.5 cm³/mol. The van der Waals surface area contributed by atoms with Crippen LogP contribution in [0.1, 0.15) is 32.3 Å². The van der Waals surface area contributed by atoms with Crippen LogP contribution in [0, 0.1) is 0 Å². The summed E-state index contributed by atoms with van der Waals surface area (Å²) < 4.78 is 0. The van der Waals surface area contributed by atoms with Crippen LogP contribution in [0.4, 0.5) is 0 Å². The van der Waals surface area contributed by atoms with E-state index in [1.54, 1.807) is 12.1 Å². The first-order valence-corrected chi connectivity index (χ1v) is 7.97. The summed E-state index contributed by atoms with van der Waals surface area (Å²) in [5.41, 5.74) is 1.29. The highest BCUT2D eigenvalue weighted by atomic mass is 32.2. The van der Waals surface area contributed by atoms with Gasteiger partial charge in [-0.15, -0.1) is 0 Å². The highest BCUT2D eigenvalue weighted by Crippen LogP contribution is 2.11. The van der Waals surface area contributed by atoms with Gasteiger partial charge in [0, 0.05) is 6.04 Å². The van der Waals surface area contributed by atoms with Crippen LogP contribution < -0.4 is 5.32 Å². The molecule has 1 aromatic rings. The summed E-state index contributed by atoms with van der Waals surface area (Å²) in [5, 5.41) is 12.8. The second kappa shape index (κ2) is 9.29. The van der Waals surface area contributed by atoms with Gasteiger partial charge in [0.1, 0.15) is 5.75 Å². The lowest BCUT2D eigenvalue weighted by Gasteiger charge is -2.13. The van der Waals surface area contributed by atoms with Crippen LogP contribution >= 0.6 is 11.8 Å². The van der Waals surface area contributed by atoms with Crippen molar-refractivity contribution in [2.75, 3.05) is 18.1 Å². The number of aromatic hydroxyl groups is 1. The molecule has 0 aliphatic heterocycles. The molecule has 0 heterocycles. The fourth-order valence-electron chi connectivity index (χ4n) is 1.81. The van der Waals surface area contributed by atoms with Crippen molar-refractivity contribution in [1.82, 2.24) is 5.32 Å². The van der Waals surface area contributed by atoms with E-state index in [0.29, 0.717) is 11.8 Å². The third kappa shape index (κ3) is 6.92. The molecule has 0 saturated heterocycles. The molecule has 0 aliphatic rings. The zero-order chi connectivity index (χ0) is 13.2. The Hall–Kier alpha value is -0.670. The average Bonchev–Trinajstić information content (AvgIpc) is 2.38. The summed E-state index contributed by atoms with van der Waals surface area (Å²) in [6.45, 7) is 5.56. The molecule has 1 unspecified atom stereocenters. The number of rotatable bonds is 9. The van der Waals surface area contributed by atoms with Crippen LogP contribution in [0.15, 0.2) is 24.3 Å². The molecule has 0 radical (unpaired) electrons. The Bertz CT molecular complexity index is 313. The van der Waals surface area contributed by atoms with Crippen molar-refractivity contribution in [3.05, 3.63) is 29.8 Å². The first-order valence-electron chi connectivity index (χ1n) is 6.81. The molecule has 0 aliphatic carbocycles. The minimum absolute atomic E-state index is 0.346. The zero-order valence-corrected chi connectivity index (χ0v) is 12.3. The number of benzene rings is 1. The summed E-state index contributed by atoms with van der Waals surface area (Å²) in [5.74, 6) is 2.82. The molecule has 0 bridgehead atoms. The third-order valence-electron chi connectivity index (χ3n) is 2.96. The van der Waals surface area contributed by atoms with Crippen LogP contribution in [0.25, 0.3) is 0 Å². The molecular formula is C15H25NOS. The van der Waals surface area contributed by atoms with Gasteiger partial charge in [-0.2, -0.15) is 11.8 Å². The molecule has 2 N–H and O–H groups in total. The summed E-state index contributed by atoms with van der Waals surface area (Å²) in [4.78, 5) is 0. The van der Waals surface area contributed by atoms with E-state index in [-0.39, 0.29) is 0 Å². The van der Waals surface area contributed by atoms with Gasteiger partial charge in [0.25, 0.3) is 0 Å². The summed E-state index contributed by atoms with van der Waals surface area (Å²) >= 11 is 2.01. The Morgan fingerprint density at radius 1 is 1.28 bits per heavy atom. The molecule has 2 nitrogen and oxygen atoms in total. The largest absolute Gasteiger partial charge is 0.508 e. The summed E-state index contributed by atoms with van der Waals surface area (Å²) in [7, 11) is 0.